The Morgan fingerprint density at radius 2 is 2.11 bits per heavy atom. The van der Waals surface area contributed by atoms with Gasteiger partial charge < -0.3 is 15.1 Å². The van der Waals surface area contributed by atoms with Crippen molar-refractivity contribution in [3.8, 4) is 0 Å². The molecule has 1 atom stereocenters. The number of piperidine rings is 1. The summed E-state index contributed by atoms with van der Waals surface area (Å²) in [5.74, 6) is 1.86. The minimum absolute atomic E-state index is 0.203. The van der Waals surface area contributed by atoms with Crippen LogP contribution in [0.3, 0.4) is 0 Å². The highest BCUT2D eigenvalue weighted by molar-refractivity contribution is 5.79. The van der Waals surface area contributed by atoms with Crippen molar-refractivity contribution in [2.45, 2.75) is 38.6 Å². The number of guanidine groups is 1. The van der Waals surface area contributed by atoms with E-state index in [9.17, 15) is 0 Å². The first-order valence-corrected chi connectivity index (χ1v) is 10.1. The van der Waals surface area contributed by atoms with E-state index in [4.69, 9.17) is 9.41 Å². The van der Waals surface area contributed by atoms with Crippen LogP contribution in [0.2, 0.25) is 0 Å². The van der Waals surface area contributed by atoms with Crippen molar-refractivity contribution in [1.82, 2.24) is 20.5 Å². The third kappa shape index (κ3) is 6.10. The maximum atomic E-state index is 5.72. The Hall–Kier alpha value is -2.34. The lowest BCUT2D eigenvalue weighted by Gasteiger charge is -2.32. The monoisotopic (exact) mass is 369 g/mol. The average molecular weight is 370 g/mol. The van der Waals surface area contributed by atoms with Crippen LogP contribution in [-0.4, -0.2) is 48.6 Å². The van der Waals surface area contributed by atoms with Crippen molar-refractivity contribution < 1.29 is 4.42 Å². The Morgan fingerprint density at radius 3 is 2.81 bits per heavy atom. The molecule has 1 aliphatic rings. The third-order valence-corrected chi connectivity index (χ3v) is 4.90. The van der Waals surface area contributed by atoms with E-state index in [-0.39, 0.29) is 6.04 Å². The van der Waals surface area contributed by atoms with Gasteiger partial charge in [0.15, 0.2) is 5.96 Å². The van der Waals surface area contributed by atoms with Crippen LogP contribution in [-0.2, 0) is 6.42 Å². The zero-order valence-corrected chi connectivity index (χ0v) is 16.2. The van der Waals surface area contributed by atoms with E-state index in [2.05, 4.69) is 39.6 Å². The molecule has 0 amide bonds. The summed E-state index contributed by atoms with van der Waals surface area (Å²) < 4.78 is 5.72. The van der Waals surface area contributed by atoms with Crippen LogP contribution in [0.4, 0.5) is 0 Å². The smallest absolute Gasteiger partial charge is 0.191 e. The molecule has 0 bridgehead atoms. The standard InChI is InChI=1S/C21H31N5O/c1-2-23-21(24-12-10-18-8-6-11-22-16-18)25-17-19(20-9-7-15-27-20)26-13-4-3-5-14-26/h6-9,11,15-16,19H,2-5,10,12-14,17H2,1H3,(H2,23,24,25). The van der Waals surface area contributed by atoms with Gasteiger partial charge in [0, 0.05) is 25.5 Å². The second-order valence-corrected chi connectivity index (χ2v) is 6.89. The normalized spacial score (nSPS) is 16.9. The van der Waals surface area contributed by atoms with Gasteiger partial charge in [0.25, 0.3) is 0 Å². The Balaban J connectivity index is 1.60. The van der Waals surface area contributed by atoms with Crippen molar-refractivity contribution in [2.24, 2.45) is 4.99 Å². The number of pyridine rings is 1. The fourth-order valence-electron chi connectivity index (χ4n) is 3.49. The van der Waals surface area contributed by atoms with Crippen LogP contribution in [0.25, 0.3) is 0 Å². The number of aliphatic imine (C=N–C) groups is 1. The number of hydrogen-bond donors (Lipinski definition) is 2. The second-order valence-electron chi connectivity index (χ2n) is 6.89. The maximum Gasteiger partial charge on any atom is 0.191 e. The van der Waals surface area contributed by atoms with Gasteiger partial charge in [0.2, 0.25) is 0 Å². The predicted molar refractivity (Wildman–Crippen MR) is 109 cm³/mol. The molecule has 0 saturated carbocycles. The number of nitrogens with one attached hydrogen (secondary N) is 2. The fraction of sp³-hybridized carbons (Fsp3) is 0.524. The molecular weight excluding hydrogens is 338 g/mol. The van der Waals surface area contributed by atoms with Gasteiger partial charge in [-0.1, -0.05) is 12.5 Å². The number of likely N-dealkylation sites (tertiary alicyclic amines) is 1. The largest absolute Gasteiger partial charge is 0.468 e. The molecule has 6 heteroatoms. The highest BCUT2D eigenvalue weighted by Gasteiger charge is 2.24. The number of aromatic nitrogens is 1. The topological polar surface area (TPSA) is 65.7 Å². The van der Waals surface area contributed by atoms with Gasteiger partial charge in [0.1, 0.15) is 5.76 Å². The lowest BCUT2D eigenvalue weighted by Crippen LogP contribution is -2.40. The summed E-state index contributed by atoms with van der Waals surface area (Å²) in [6, 6.07) is 8.31. The molecule has 3 rings (SSSR count). The molecule has 2 N–H and O–H groups in total. The molecule has 2 aromatic rings. The van der Waals surface area contributed by atoms with E-state index in [1.54, 1.807) is 12.5 Å². The van der Waals surface area contributed by atoms with Gasteiger partial charge in [-0.3, -0.25) is 14.9 Å². The second kappa shape index (κ2) is 10.7. The summed E-state index contributed by atoms with van der Waals surface area (Å²) in [6.45, 7) is 6.68. The van der Waals surface area contributed by atoms with Crippen LogP contribution in [0.5, 0.6) is 0 Å². The van der Waals surface area contributed by atoms with Crippen LogP contribution < -0.4 is 10.6 Å². The summed E-state index contributed by atoms with van der Waals surface area (Å²) in [5.41, 5.74) is 1.22. The zero-order chi connectivity index (χ0) is 18.7. The van der Waals surface area contributed by atoms with Crippen LogP contribution >= 0.6 is 0 Å². The Kier molecular flexibility index (Phi) is 7.71. The molecule has 1 fully saturated rings. The highest BCUT2D eigenvalue weighted by atomic mass is 16.3. The number of rotatable bonds is 8. The minimum Gasteiger partial charge on any atom is -0.468 e. The van der Waals surface area contributed by atoms with Gasteiger partial charge in [-0.15, -0.1) is 0 Å². The van der Waals surface area contributed by atoms with Crippen LogP contribution in [0, 0.1) is 0 Å². The van der Waals surface area contributed by atoms with Crippen molar-refractivity contribution in [3.05, 3.63) is 54.2 Å². The van der Waals surface area contributed by atoms with Gasteiger partial charge in [0.05, 0.1) is 18.8 Å². The molecule has 2 aromatic heterocycles. The molecule has 1 unspecified atom stereocenters. The predicted octanol–water partition coefficient (Wildman–Crippen LogP) is 3.00. The minimum atomic E-state index is 0.203. The van der Waals surface area contributed by atoms with Crippen LogP contribution in [0.1, 0.15) is 43.6 Å². The van der Waals surface area contributed by atoms with E-state index in [1.165, 1.54) is 24.8 Å². The van der Waals surface area contributed by atoms with Gasteiger partial charge in [-0.05, 0) is 63.0 Å². The summed E-state index contributed by atoms with van der Waals surface area (Å²) in [7, 11) is 0. The van der Waals surface area contributed by atoms with Gasteiger partial charge in [-0.2, -0.15) is 0 Å². The lowest BCUT2D eigenvalue weighted by atomic mass is 10.1. The molecule has 0 spiro atoms. The number of nitrogens with zero attached hydrogens (tertiary/aromatic N) is 3. The zero-order valence-electron chi connectivity index (χ0n) is 16.2. The van der Waals surface area contributed by atoms with Gasteiger partial charge >= 0.3 is 0 Å². The van der Waals surface area contributed by atoms with E-state index in [0.717, 1.165) is 44.3 Å². The Labute approximate surface area is 162 Å². The van der Waals surface area contributed by atoms with E-state index in [1.807, 2.05) is 18.3 Å². The van der Waals surface area contributed by atoms with E-state index >= 15 is 0 Å². The Morgan fingerprint density at radius 1 is 1.22 bits per heavy atom. The van der Waals surface area contributed by atoms with E-state index in [0.29, 0.717) is 6.54 Å². The highest BCUT2D eigenvalue weighted by Crippen LogP contribution is 2.25. The molecule has 3 heterocycles. The number of hydrogen-bond acceptors (Lipinski definition) is 4. The van der Waals surface area contributed by atoms with Crippen molar-refractivity contribution in [1.29, 1.82) is 0 Å². The third-order valence-electron chi connectivity index (χ3n) is 4.90. The molecular formula is C21H31N5O. The first kappa shape index (κ1) is 19.4. The molecule has 6 nitrogen and oxygen atoms in total. The summed E-state index contributed by atoms with van der Waals surface area (Å²) in [6.07, 6.45) is 10.2. The molecule has 1 saturated heterocycles. The molecule has 0 aliphatic carbocycles. The fourth-order valence-corrected chi connectivity index (χ4v) is 3.49. The quantitative estimate of drug-likeness (QED) is 0.553. The average Bonchev–Trinajstić information content (AvgIpc) is 3.24. The Bertz CT molecular complexity index is 665. The van der Waals surface area contributed by atoms with Crippen molar-refractivity contribution >= 4 is 5.96 Å². The van der Waals surface area contributed by atoms with E-state index < -0.39 is 0 Å². The summed E-state index contributed by atoms with van der Waals surface area (Å²) >= 11 is 0. The first-order valence-electron chi connectivity index (χ1n) is 10.1. The summed E-state index contributed by atoms with van der Waals surface area (Å²) in [5, 5.41) is 6.78. The SMILES string of the molecule is CCNC(=NCC(c1ccco1)N1CCCCC1)NCCc1cccnc1. The molecule has 146 valence electrons. The van der Waals surface area contributed by atoms with Gasteiger partial charge in [-0.25, -0.2) is 0 Å². The van der Waals surface area contributed by atoms with Crippen LogP contribution in [0.15, 0.2) is 52.3 Å². The first-order chi connectivity index (χ1) is 13.4. The van der Waals surface area contributed by atoms with Crippen molar-refractivity contribution in [3.63, 3.8) is 0 Å². The number of furan rings is 1. The maximum absolute atomic E-state index is 5.72. The molecule has 1 aliphatic heterocycles. The lowest BCUT2D eigenvalue weighted by molar-refractivity contribution is 0.150. The molecule has 27 heavy (non-hydrogen) atoms. The van der Waals surface area contributed by atoms with Crippen molar-refractivity contribution in [2.75, 3.05) is 32.7 Å². The molecule has 0 aromatic carbocycles. The molecule has 0 radical (unpaired) electrons. The summed E-state index contributed by atoms with van der Waals surface area (Å²) in [4.78, 5) is 11.5.